The van der Waals surface area contributed by atoms with Gasteiger partial charge in [0.2, 0.25) is 11.8 Å². The molecule has 190 valence electrons. The number of nitrogens with one attached hydrogen (secondary N) is 1. The SMILES string of the molecule is CCCCNC(=O)C(Cc1ccccc1)N(Cc1ccc(Br)cc1)C(=O)CSCc1cccc(Cl)c1. The third-order valence-corrected chi connectivity index (χ3v) is 7.50. The van der Waals surface area contributed by atoms with Crippen LogP contribution in [0.4, 0.5) is 0 Å². The number of nitrogens with zero attached hydrogens (tertiary/aromatic N) is 1. The van der Waals surface area contributed by atoms with E-state index in [0.717, 1.165) is 34.0 Å². The summed E-state index contributed by atoms with van der Waals surface area (Å²) >= 11 is 11.1. The lowest BCUT2D eigenvalue weighted by atomic mass is 10.0. The van der Waals surface area contributed by atoms with Gasteiger partial charge in [0.15, 0.2) is 0 Å². The van der Waals surface area contributed by atoms with Gasteiger partial charge in [0.25, 0.3) is 0 Å². The third kappa shape index (κ3) is 9.30. The van der Waals surface area contributed by atoms with Gasteiger partial charge in [-0.15, -0.1) is 11.8 Å². The molecule has 0 aromatic heterocycles. The molecule has 1 unspecified atom stereocenters. The summed E-state index contributed by atoms with van der Waals surface area (Å²) in [5, 5.41) is 3.74. The van der Waals surface area contributed by atoms with Crippen LogP contribution < -0.4 is 5.32 Å². The van der Waals surface area contributed by atoms with Crippen molar-refractivity contribution in [1.82, 2.24) is 10.2 Å². The van der Waals surface area contributed by atoms with E-state index in [0.29, 0.717) is 30.3 Å². The molecule has 1 atom stereocenters. The van der Waals surface area contributed by atoms with E-state index in [9.17, 15) is 9.59 Å². The molecule has 0 bridgehead atoms. The monoisotopic (exact) mass is 586 g/mol. The summed E-state index contributed by atoms with van der Waals surface area (Å²) in [6.07, 6.45) is 2.35. The van der Waals surface area contributed by atoms with Crippen molar-refractivity contribution in [2.75, 3.05) is 12.3 Å². The maximum absolute atomic E-state index is 13.6. The predicted molar refractivity (Wildman–Crippen MR) is 154 cm³/mol. The first-order chi connectivity index (χ1) is 17.5. The molecule has 1 N–H and O–H groups in total. The van der Waals surface area contributed by atoms with E-state index in [2.05, 4.69) is 28.2 Å². The minimum absolute atomic E-state index is 0.0588. The van der Waals surface area contributed by atoms with Crippen molar-refractivity contribution in [2.24, 2.45) is 0 Å². The van der Waals surface area contributed by atoms with Crippen molar-refractivity contribution in [1.29, 1.82) is 0 Å². The summed E-state index contributed by atoms with van der Waals surface area (Å²) in [5.41, 5.74) is 3.07. The van der Waals surface area contributed by atoms with E-state index in [1.54, 1.807) is 4.90 Å². The zero-order valence-corrected chi connectivity index (χ0v) is 23.6. The maximum Gasteiger partial charge on any atom is 0.243 e. The first kappa shape index (κ1) is 28.3. The highest BCUT2D eigenvalue weighted by Crippen LogP contribution is 2.21. The second kappa shape index (κ2) is 15.1. The standard InChI is InChI=1S/C29H32BrClN2O2S/c1-2-3-16-32-29(35)27(18-22-8-5-4-6-9-22)33(19-23-12-14-25(30)15-13-23)28(34)21-36-20-24-10-7-11-26(31)17-24/h4-15,17,27H,2-3,16,18-21H2,1H3,(H,32,35). The molecule has 3 aromatic carbocycles. The van der Waals surface area contributed by atoms with Gasteiger partial charge in [-0.3, -0.25) is 9.59 Å². The third-order valence-electron chi connectivity index (χ3n) is 5.75. The van der Waals surface area contributed by atoms with Gasteiger partial charge in [-0.25, -0.2) is 0 Å². The van der Waals surface area contributed by atoms with Crippen LogP contribution >= 0.6 is 39.3 Å². The highest BCUT2D eigenvalue weighted by atomic mass is 79.9. The number of carbonyl (C=O) groups is 2. The van der Waals surface area contributed by atoms with Crippen LogP contribution in [0.15, 0.2) is 83.3 Å². The number of rotatable bonds is 13. The van der Waals surface area contributed by atoms with Gasteiger partial charge in [0.1, 0.15) is 6.04 Å². The average Bonchev–Trinajstić information content (AvgIpc) is 2.88. The number of hydrogen-bond acceptors (Lipinski definition) is 3. The van der Waals surface area contributed by atoms with Gasteiger partial charge >= 0.3 is 0 Å². The summed E-state index contributed by atoms with van der Waals surface area (Å²) in [6, 6.07) is 24.8. The van der Waals surface area contributed by atoms with E-state index < -0.39 is 6.04 Å². The van der Waals surface area contributed by atoms with E-state index in [1.165, 1.54) is 11.8 Å². The van der Waals surface area contributed by atoms with Crippen LogP contribution in [-0.2, 0) is 28.3 Å². The Kier molecular flexibility index (Phi) is 11.9. The molecular formula is C29H32BrClN2O2S. The van der Waals surface area contributed by atoms with Crippen LogP contribution in [0.5, 0.6) is 0 Å². The molecule has 36 heavy (non-hydrogen) atoms. The van der Waals surface area contributed by atoms with Crippen LogP contribution in [0.1, 0.15) is 36.5 Å². The Hall–Kier alpha value is -2.28. The molecule has 0 fully saturated rings. The quantitative estimate of drug-likeness (QED) is 0.222. The fourth-order valence-electron chi connectivity index (χ4n) is 3.81. The molecule has 0 spiro atoms. The zero-order valence-electron chi connectivity index (χ0n) is 20.5. The topological polar surface area (TPSA) is 49.4 Å². The number of carbonyl (C=O) groups excluding carboxylic acids is 2. The number of benzene rings is 3. The van der Waals surface area contributed by atoms with E-state index in [-0.39, 0.29) is 17.6 Å². The fourth-order valence-corrected chi connectivity index (χ4v) is 5.15. The summed E-state index contributed by atoms with van der Waals surface area (Å²) in [7, 11) is 0. The summed E-state index contributed by atoms with van der Waals surface area (Å²) < 4.78 is 0.972. The molecule has 7 heteroatoms. The highest BCUT2D eigenvalue weighted by Gasteiger charge is 2.30. The smallest absolute Gasteiger partial charge is 0.243 e. The number of amides is 2. The second-order valence-corrected chi connectivity index (χ2v) is 11.0. The van der Waals surface area contributed by atoms with Gasteiger partial charge in [-0.05, 0) is 47.4 Å². The van der Waals surface area contributed by atoms with Gasteiger partial charge < -0.3 is 10.2 Å². The normalized spacial score (nSPS) is 11.6. The van der Waals surface area contributed by atoms with Crippen LogP contribution in [0.25, 0.3) is 0 Å². The predicted octanol–water partition coefficient (Wildman–Crippen LogP) is 6.89. The largest absolute Gasteiger partial charge is 0.354 e. The number of unbranched alkanes of at least 4 members (excludes halogenated alkanes) is 1. The van der Waals surface area contributed by atoms with Gasteiger partial charge in [-0.1, -0.05) is 95.5 Å². The minimum atomic E-state index is -0.604. The van der Waals surface area contributed by atoms with Crippen LogP contribution in [0.3, 0.4) is 0 Å². The zero-order chi connectivity index (χ0) is 25.8. The van der Waals surface area contributed by atoms with Crippen molar-refractivity contribution in [3.8, 4) is 0 Å². The molecule has 0 saturated heterocycles. The molecule has 3 rings (SSSR count). The van der Waals surface area contributed by atoms with E-state index in [1.807, 2.05) is 78.9 Å². The van der Waals surface area contributed by atoms with Gasteiger partial charge in [0.05, 0.1) is 5.75 Å². The molecule has 2 amide bonds. The van der Waals surface area contributed by atoms with E-state index >= 15 is 0 Å². The van der Waals surface area contributed by atoms with Crippen molar-refractivity contribution >= 4 is 51.1 Å². The summed E-state index contributed by atoms with van der Waals surface area (Å²) in [5.74, 6) is 0.773. The molecule has 3 aromatic rings. The molecule has 0 aliphatic carbocycles. The lowest BCUT2D eigenvalue weighted by Crippen LogP contribution is -2.51. The highest BCUT2D eigenvalue weighted by molar-refractivity contribution is 9.10. The van der Waals surface area contributed by atoms with Crippen molar-refractivity contribution in [3.05, 3.63) is 105 Å². The Bertz CT molecular complexity index is 1110. The van der Waals surface area contributed by atoms with Gasteiger partial charge in [-0.2, -0.15) is 0 Å². The number of hydrogen-bond donors (Lipinski definition) is 1. The maximum atomic E-state index is 13.6. The molecule has 4 nitrogen and oxygen atoms in total. The van der Waals surface area contributed by atoms with Crippen LogP contribution in [0.2, 0.25) is 5.02 Å². The average molecular weight is 588 g/mol. The second-order valence-electron chi connectivity index (χ2n) is 8.62. The van der Waals surface area contributed by atoms with E-state index in [4.69, 9.17) is 11.6 Å². The molecule has 0 aliphatic rings. The van der Waals surface area contributed by atoms with Crippen LogP contribution in [-0.4, -0.2) is 35.1 Å². The Morgan fingerprint density at radius 3 is 2.39 bits per heavy atom. The number of halogens is 2. The molecule has 0 heterocycles. The van der Waals surface area contributed by atoms with Crippen molar-refractivity contribution in [2.45, 2.75) is 44.5 Å². The molecule has 0 saturated carbocycles. The lowest BCUT2D eigenvalue weighted by molar-refractivity contribution is -0.139. The van der Waals surface area contributed by atoms with Crippen molar-refractivity contribution < 1.29 is 9.59 Å². The Morgan fingerprint density at radius 2 is 1.69 bits per heavy atom. The Morgan fingerprint density at radius 1 is 0.972 bits per heavy atom. The Balaban J connectivity index is 1.82. The van der Waals surface area contributed by atoms with Crippen molar-refractivity contribution in [3.63, 3.8) is 0 Å². The lowest BCUT2D eigenvalue weighted by Gasteiger charge is -2.31. The Labute approximate surface area is 231 Å². The summed E-state index contributed by atoms with van der Waals surface area (Å²) in [6.45, 7) is 3.06. The number of thioether (sulfide) groups is 1. The first-order valence-electron chi connectivity index (χ1n) is 12.1. The van der Waals surface area contributed by atoms with Crippen LogP contribution in [0, 0.1) is 0 Å². The fraction of sp³-hybridized carbons (Fsp3) is 0.310. The molecule has 0 aliphatic heterocycles. The van der Waals surface area contributed by atoms with Gasteiger partial charge in [0, 0.05) is 34.8 Å². The first-order valence-corrected chi connectivity index (χ1v) is 14.5. The minimum Gasteiger partial charge on any atom is -0.354 e. The molecule has 0 radical (unpaired) electrons. The summed E-state index contributed by atoms with van der Waals surface area (Å²) in [4.78, 5) is 28.8. The molecular weight excluding hydrogens is 556 g/mol.